The summed E-state index contributed by atoms with van der Waals surface area (Å²) in [6, 6.07) is -0.817. The maximum atomic E-state index is 11.1. The highest BCUT2D eigenvalue weighted by Gasteiger charge is 2.20. The van der Waals surface area contributed by atoms with Crippen molar-refractivity contribution in [3.63, 3.8) is 0 Å². The van der Waals surface area contributed by atoms with Gasteiger partial charge in [-0.1, -0.05) is 19.0 Å². The summed E-state index contributed by atoms with van der Waals surface area (Å²) in [4.78, 5) is 21.4. The molecule has 0 spiro atoms. The van der Waals surface area contributed by atoms with Crippen LogP contribution in [0.1, 0.15) is 33.6 Å². The maximum absolute atomic E-state index is 11.1. The molecular weight excluding hydrogens is 170 g/mol. The van der Waals surface area contributed by atoms with Gasteiger partial charge in [0.05, 0.1) is 6.61 Å². The normalized spacial score (nSPS) is 12.6. The van der Waals surface area contributed by atoms with E-state index in [0.29, 0.717) is 18.9 Å². The molecule has 0 aliphatic heterocycles. The van der Waals surface area contributed by atoms with Crippen LogP contribution >= 0.6 is 0 Å². The van der Waals surface area contributed by atoms with Gasteiger partial charge in [0, 0.05) is 0 Å². The largest absolute Gasteiger partial charge is 0.464 e. The van der Waals surface area contributed by atoms with Gasteiger partial charge in [-0.05, 0) is 25.7 Å². The fourth-order valence-corrected chi connectivity index (χ4v) is 0.943. The van der Waals surface area contributed by atoms with Gasteiger partial charge in [0.1, 0.15) is 0 Å². The molecule has 0 saturated heterocycles. The molecule has 0 heterocycles. The quantitative estimate of drug-likeness (QED) is 0.472. The number of rotatable bonds is 6. The first-order valence-electron chi connectivity index (χ1n) is 4.60. The fourth-order valence-electron chi connectivity index (χ4n) is 0.943. The third-order valence-corrected chi connectivity index (χ3v) is 1.70. The zero-order valence-corrected chi connectivity index (χ0v) is 8.45. The lowest BCUT2D eigenvalue weighted by molar-refractivity contribution is -0.144. The van der Waals surface area contributed by atoms with Crippen LogP contribution in [0.25, 0.3) is 0 Å². The number of hydrogen-bond donors (Lipinski definition) is 0. The molecule has 0 aliphatic carbocycles. The lowest BCUT2D eigenvalue weighted by Gasteiger charge is -2.09. The molecule has 0 radical (unpaired) electrons. The van der Waals surface area contributed by atoms with Crippen LogP contribution in [0.2, 0.25) is 0 Å². The molecular formula is C9H17NO3. The molecule has 76 valence electrons. The Morgan fingerprint density at radius 3 is 2.38 bits per heavy atom. The molecule has 0 bridgehead atoms. The standard InChI is InChI=1S/C9H17NO3/c1-4-13-9(11)8(10-12)6-5-7(2)3/h7-8H,4-6H2,1-3H3. The lowest BCUT2D eigenvalue weighted by atomic mass is 10.0. The topological polar surface area (TPSA) is 55.7 Å². The Balaban J connectivity index is 3.87. The summed E-state index contributed by atoms with van der Waals surface area (Å²) >= 11 is 0. The van der Waals surface area contributed by atoms with Crippen molar-refractivity contribution in [1.82, 2.24) is 0 Å². The minimum absolute atomic E-state index is 0.298. The van der Waals surface area contributed by atoms with Crippen molar-refractivity contribution >= 4 is 5.97 Å². The smallest absolute Gasteiger partial charge is 0.334 e. The highest BCUT2D eigenvalue weighted by molar-refractivity contribution is 5.75. The van der Waals surface area contributed by atoms with Crippen molar-refractivity contribution in [3.05, 3.63) is 4.91 Å². The number of carbonyl (C=O) groups is 1. The average molecular weight is 187 g/mol. The average Bonchev–Trinajstić information content (AvgIpc) is 2.05. The van der Waals surface area contributed by atoms with E-state index in [1.165, 1.54) is 0 Å². The summed E-state index contributed by atoms with van der Waals surface area (Å²) in [7, 11) is 0. The van der Waals surface area contributed by atoms with Crippen LogP contribution in [0.5, 0.6) is 0 Å². The minimum atomic E-state index is -0.817. The van der Waals surface area contributed by atoms with Crippen LogP contribution in [-0.2, 0) is 9.53 Å². The summed E-state index contributed by atoms with van der Waals surface area (Å²) in [5.41, 5.74) is 0. The molecule has 1 unspecified atom stereocenters. The van der Waals surface area contributed by atoms with E-state index < -0.39 is 12.0 Å². The van der Waals surface area contributed by atoms with E-state index in [0.717, 1.165) is 6.42 Å². The summed E-state index contributed by atoms with van der Waals surface area (Å²) in [6.45, 7) is 6.08. The van der Waals surface area contributed by atoms with Crippen molar-refractivity contribution in [2.24, 2.45) is 11.1 Å². The second kappa shape index (κ2) is 6.57. The molecule has 0 aromatic rings. The van der Waals surface area contributed by atoms with E-state index in [-0.39, 0.29) is 0 Å². The van der Waals surface area contributed by atoms with Gasteiger partial charge in [-0.2, -0.15) is 0 Å². The Kier molecular flexibility index (Phi) is 6.10. The van der Waals surface area contributed by atoms with Crippen molar-refractivity contribution < 1.29 is 9.53 Å². The third kappa shape index (κ3) is 5.33. The van der Waals surface area contributed by atoms with Gasteiger partial charge in [0.25, 0.3) is 0 Å². The Labute approximate surface area is 78.6 Å². The van der Waals surface area contributed by atoms with E-state index in [1.54, 1.807) is 6.92 Å². The van der Waals surface area contributed by atoms with Crippen LogP contribution < -0.4 is 0 Å². The van der Waals surface area contributed by atoms with Gasteiger partial charge in [-0.15, -0.1) is 4.91 Å². The maximum Gasteiger partial charge on any atom is 0.334 e. The SMILES string of the molecule is CCOC(=O)C(CCC(C)C)N=O. The molecule has 13 heavy (non-hydrogen) atoms. The molecule has 4 heteroatoms. The van der Waals surface area contributed by atoms with E-state index in [9.17, 15) is 9.70 Å². The second-order valence-electron chi connectivity index (χ2n) is 3.34. The predicted molar refractivity (Wildman–Crippen MR) is 50.3 cm³/mol. The molecule has 0 N–H and O–H groups in total. The van der Waals surface area contributed by atoms with Crippen LogP contribution in [0.15, 0.2) is 5.18 Å². The molecule has 0 aliphatic rings. The number of nitrogens with zero attached hydrogens (tertiary/aromatic N) is 1. The summed E-state index contributed by atoms with van der Waals surface area (Å²) in [6.07, 6.45) is 1.30. The number of hydrogen-bond acceptors (Lipinski definition) is 4. The minimum Gasteiger partial charge on any atom is -0.464 e. The Morgan fingerprint density at radius 1 is 1.38 bits per heavy atom. The third-order valence-electron chi connectivity index (χ3n) is 1.70. The zero-order chi connectivity index (χ0) is 10.3. The van der Waals surface area contributed by atoms with Gasteiger partial charge >= 0.3 is 5.97 Å². The van der Waals surface area contributed by atoms with Crippen molar-refractivity contribution in [2.75, 3.05) is 6.61 Å². The summed E-state index contributed by atoms with van der Waals surface area (Å²) in [5.74, 6) is -0.0307. The second-order valence-corrected chi connectivity index (χ2v) is 3.34. The van der Waals surface area contributed by atoms with Gasteiger partial charge < -0.3 is 4.74 Å². The van der Waals surface area contributed by atoms with Gasteiger partial charge in [0.2, 0.25) is 0 Å². The van der Waals surface area contributed by atoms with Crippen molar-refractivity contribution in [3.8, 4) is 0 Å². The summed E-state index contributed by atoms with van der Waals surface area (Å²) < 4.78 is 4.69. The van der Waals surface area contributed by atoms with Gasteiger partial charge in [0.15, 0.2) is 6.04 Å². The van der Waals surface area contributed by atoms with Crippen LogP contribution in [0.4, 0.5) is 0 Å². The van der Waals surface area contributed by atoms with Gasteiger partial charge in [-0.3, -0.25) is 0 Å². The summed E-state index contributed by atoms with van der Waals surface area (Å²) in [5, 5.41) is 2.75. The van der Waals surface area contributed by atoms with Crippen LogP contribution in [0, 0.1) is 10.8 Å². The molecule has 0 fully saturated rings. The first kappa shape index (κ1) is 12.1. The van der Waals surface area contributed by atoms with Crippen LogP contribution in [-0.4, -0.2) is 18.6 Å². The predicted octanol–water partition coefficient (Wildman–Crippen LogP) is 2.12. The molecule has 0 amide bonds. The Hall–Kier alpha value is -0.930. The first-order valence-corrected chi connectivity index (χ1v) is 4.60. The molecule has 4 nitrogen and oxygen atoms in total. The molecule has 0 saturated carbocycles. The Morgan fingerprint density at radius 2 is 2.00 bits per heavy atom. The van der Waals surface area contributed by atoms with Crippen LogP contribution in [0.3, 0.4) is 0 Å². The number of nitroso groups, excluding NO2 is 1. The molecule has 1 atom stereocenters. The zero-order valence-electron chi connectivity index (χ0n) is 8.45. The monoisotopic (exact) mass is 187 g/mol. The highest BCUT2D eigenvalue weighted by Crippen LogP contribution is 2.10. The fraction of sp³-hybridized carbons (Fsp3) is 0.889. The van der Waals surface area contributed by atoms with Gasteiger partial charge in [-0.25, -0.2) is 4.79 Å². The number of ether oxygens (including phenoxy) is 1. The van der Waals surface area contributed by atoms with E-state index in [1.807, 2.05) is 13.8 Å². The molecule has 0 aromatic heterocycles. The van der Waals surface area contributed by atoms with E-state index in [4.69, 9.17) is 4.74 Å². The van der Waals surface area contributed by atoms with Crippen molar-refractivity contribution in [2.45, 2.75) is 39.7 Å². The highest BCUT2D eigenvalue weighted by atomic mass is 16.5. The molecule has 0 aromatic carbocycles. The number of esters is 1. The van der Waals surface area contributed by atoms with E-state index >= 15 is 0 Å². The lowest BCUT2D eigenvalue weighted by Crippen LogP contribution is -2.21. The van der Waals surface area contributed by atoms with Crippen molar-refractivity contribution in [1.29, 1.82) is 0 Å². The first-order chi connectivity index (χ1) is 6.11. The van der Waals surface area contributed by atoms with E-state index in [2.05, 4.69) is 5.18 Å². The molecule has 0 rings (SSSR count). The Bertz CT molecular complexity index is 168. The number of carbonyl (C=O) groups excluding carboxylic acids is 1.